The van der Waals surface area contributed by atoms with Gasteiger partial charge >= 0.3 is 0 Å². The van der Waals surface area contributed by atoms with E-state index in [-0.39, 0.29) is 16.8 Å². The minimum Gasteiger partial charge on any atom is -0.347 e. The molecule has 2 bridgehead atoms. The number of carbonyl (C=O) groups excluding carboxylic acids is 1. The van der Waals surface area contributed by atoms with Crippen molar-refractivity contribution >= 4 is 39.0 Å². The molecule has 3 unspecified atom stereocenters. The van der Waals surface area contributed by atoms with Crippen LogP contribution in [-0.2, 0) is 10.0 Å². The number of hydrogen-bond acceptors (Lipinski definition) is 6. The first-order chi connectivity index (χ1) is 12.4. The maximum absolute atomic E-state index is 12.5. The van der Waals surface area contributed by atoms with E-state index < -0.39 is 10.0 Å². The molecule has 2 aliphatic heterocycles. The number of thiophene rings is 1. The largest absolute Gasteiger partial charge is 0.347 e. The van der Waals surface area contributed by atoms with Gasteiger partial charge in [0.15, 0.2) is 0 Å². The topological polar surface area (TPSA) is 101 Å². The molecule has 6 nitrogen and oxygen atoms in total. The average Bonchev–Trinajstić information content (AvgIpc) is 3.31. The van der Waals surface area contributed by atoms with Gasteiger partial charge in [0.1, 0.15) is 0 Å². The van der Waals surface area contributed by atoms with Crippen LogP contribution in [0.15, 0.2) is 50.4 Å². The van der Waals surface area contributed by atoms with Gasteiger partial charge in [0.05, 0.1) is 14.0 Å². The number of sulfonamides is 1. The van der Waals surface area contributed by atoms with Crippen molar-refractivity contribution in [1.29, 1.82) is 0 Å². The van der Waals surface area contributed by atoms with E-state index in [1.807, 2.05) is 6.07 Å². The number of hydrogen-bond donors (Lipinski definition) is 3. The summed E-state index contributed by atoms with van der Waals surface area (Å²) in [5.41, 5.74) is 0. The first-order valence-electron chi connectivity index (χ1n) is 8.36. The van der Waals surface area contributed by atoms with Crippen LogP contribution in [0.25, 0.3) is 0 Å². The van der Waals surface area contributed by atoms with Crippen molar-refractivity contribution in [1.82, 2.24) is 10.6 Å². The summed E-state index contributed by atoms with van der Waals surface area (Å²) in [6, 6.07) is 11.3. The minimum atomic E-state index is -3.79. The Morgan fingerprint density at radius 1 is 1.23 bits per heavy atom. The Labute approximate surface area is 160 Å². The molecule has 9 heteroatoms. The molecular weight excluding hydrogens is 390 g/mol. The summed E-state index contributed by atoms with van der Waals surface area (Å²) in [6.07, 6.45) is 3.30. The van der Waals surface area contributed by atoms with Crippen LogP contribution >= 0.6 is 23.1 Å². The van der Waals surface area contributed by atoms with Gasteiger partial charge in [-0.15, -0.1) is 11.3 Å². The first kappa shape index (κ1) is 18.0. The Balaban J connectivity index is 1.46. The quantitative estimate of drug-likeness (QED) is 0.703. The number of rotatable bonds is 5. The lowest BCUT2D eigenvalue weighted by Gasteiger charge is -2.20. The maximum atomic E-state index is 12.5. The summed E-state index contributed by atoms with van der Waals surface area (Å²) in [6.45, 7) is 0. The highest BCUT2D eigenvalue weighted by Crippen LogP contribution is 2.36. The van der Waals surface area contributed by atoms with Crippen LogP contribution in [-0.4, -0.2) is 32.5 Å². The monoisotopic (exact) mass is 409 g/mol. The third-order valence-electron chi connectivity index (χ3n) is 4.79. The van der Waals surface area contributed by atoms with Crippen molar-refractivity contribution < 1.29 is 13.2 Å². The van der Waals surface area contributed by atoms with Gasteiger partial charge in [0.2, 0.25) is 10.0 Å². The van der Waals surface area contributed by atoms with Crippen molar-refractivity contribution in [2.24, 2.45) is 5.14 Å². The zero-order chi connectivity index (χ0) is 18.3. The predicted molar refractivity (Wildman–Crippen MR) is 102 cm³/mol. The third-order valence-corrected chi connectivity index (χ3v) is 8.18. The molecule has 4 rings (SSSR count). The van der Waals surface area contributed by atoms with Crippen molar-refractivity contribution in [2.75, 3.05) is 0 Å². The second-order valence-corrected chi connectivity index (χ2v) is 10.5. The molecule has 1 aromatic carbocycles. The summed E-state index contributed by atoms with van der Waals surface area (Å²) in [4.78, 5) is 13.8. The van der Waals surface area contributed by atoms with Gasteiger partial charge in [-0.2, -0.15) is 0 Å². The van der Waals surface area contributed by atoms with Crippen molar-refractivity contribution in [3.05, 3.63) is 41.3 Å². The molecule has 2 fully saturated rings. The molecule has 3 heterocycles. The summed E-state index contributed by atoms with van der Waals surface area (Å²) in [7, 11) is -3.79. The molecule has 26 heavy (non-hydrogen) atoms. The van der Waals surface area contributed by atoms with E-state index >= 15 is 0 Å². The molecule has 0 spiro atoms. The second kappa shape index (κ2) is 6.97. The predicted octanol–water partition coefficient (Wildman–Crippen LogP) is 2.17. The van der Waals surface area contributed by atoms with Crippen LogP contribution < -0.4 is 15.8 Å². The van der Waals surface area contributed by atoms with Crippen LogP contribution in [0.5, 0.6) is 0 Å². The highest BCUT2D eigenvalue weighted by molar-refractivity contribution is 8.01. The molecule has 1 amide bonds. The van der Waals surface area contributed by atoms with Crippen molar-refractivity contribution in [3.63, 3.8) is 0 Å². The van der Waals surface area contributed by atoms with Crippen molar-refractivity contribution in [3.8, 4) is 0 Å². The Morgan fingerprint density at radius 2 is 2.04 bits per heavy atom. The Morgan fingerprint density at radius 3 is 2.73 bits per heavy atom. The lowest BCUT2D eigenvalue weighted by Crippen LogP contribution is -2.42. The van der Waals surface area contributed by atoms with Crippen LogP contribution in [0.3, 0.4) is 0 Å². The number of nitrogens with two attached hydrogens (primary N) is 1. The van der Waals surface area contributed by atoms with Gasteiger partial charge in [-0.05, 0) is 43.5 Å². The molecule has 2 aromatic rings. The Hall–Kier alpha value is -1.39. The number of benzene rings is 1. The van der Waals surface area contributed by atoms with E-state index in [1.54, 1.807) is 24.3 Å². The molecule has 3 atom stereocenters. The molecule has 0 aliphatic carbocycles. The average molecular weight is 410 g/mol. The SMILES string of the molecule is NS(=O)(=O)c1ccccc1Sc1ccc(C(=O)NC2CC3CCC2N3)s1. The molecule has 2 saturated heterocycles. The van der Waals surface area contributed by atoms with E-state index in [1.165, 1.54) is 35.6 Å². The summed E-state index contributed by atoms with van der Waals surface area (Å²) in [5.74, 6) is -0.0686. The highest BCUT2D eigenvalue weighted by Gasteiger charge is 2.39. The maximum Gasteiger partial charge on any atom is 0.261 e. The van der Waals surface area contributed by atoms with Crippen LogP contribution in [0.4, 0.5) is 0 Å². The molecule has 2 aliphatic rings. The van der Waals surface area contributed by atoms with Gasteiger partial charge in [0, 0.05) is 23.0 Å². The summed E-state index contributed by atoms with van der Waals surface area (Å²) in [5, 5.41) is 11.9. The highest BCUT2D eigenvalue weighted by atomic mass is 32.2. The Kier molecular flexibility index (Phi) is 4.83. The van der Waals surface area contributed by atoms with Gasteiger partial charge in [-0.3, -0.25) is 4.79 Å². The molecule has 0 radical (unpaired) electrons. The first-order valence-corrected chi connectivity index (χ1v) is 11.5. The van der Waals surface area contributed by atoms with Gasteiger partial charge < -0.3 is 10.6 Å². The zero-order valence-electron chi connectivity index (χ0n) is 13.8. The van der Waals surface area contributed by atoms with Crippen molar-refractivity contribution in [2.45, 2.75) is 51.4 Å². The van der Waals surface area contributed by atoms with E-state index in [9.17, 15) is 13.2 Å². The zero-order valence-corrected chi connectivity index (χ0v) is 16.3. The van der Waals surface area contributed by atoms with Gasteiger partial charge in [-0.1, -0.05) is 23.9 Å². The number of nitrogens with one attached hydrogen (secondary N) is 2. The van der Waals surface area contributed by atoms with Gasteiger partial charge in [-0.25, -0.2) is 13.6 Å². The van der Waals surface area contributed by atoms with E-state index in [0.717, 1.165) is 17.1 Å². The Bertz CT molecular complexity index is 941. The normalized spacial score (nSPS) is 24.7. The molecule has 4 N–H and O–H groups in total. The molecule has 1 aromatic heterocycles. The second-order valence-electron chi connectivity index (χ2n) is 6.58. The van der Waals surface area contributed by atoms with Crippen LogP contribution in [0, 0.1) is 0 Å². The van der Waals surface area contributed by atoms with Crippen LogP contribution in [0.2, 0.25) is 0 Å². The fourth-order valence-electron chi connectivity index (χ4n) is 3.60. The van der Waals surface area contributed by atoms with Crippen LogP contribution in [0.1, 0.15) is 28.9 Å². The number of primary sulfonamides is 1. The summed E-state index contributed by atoms with van der Waals surface area (Å²) < 4.78 is 24.3. The number of fused-ring (bicyclic) bond motifs is 2. The number of carbonyl (C=O) groups is 1. The van der Waals surface area contributed by atoms with E-state index in [2.05, 4.69) is 10.6 Å². The lowest BCUT2D eigenvalue weighted by molar-refractivity contribution is 0.0935. The molecule has 0 saturated carbocycles. The minimum absolute atomic E-state index is 0.0686. The molecule has 138 valence electrons. The molecular formula is C17H19N3O3S3. The smallest absolute Gasteiger partial charge is 0.261 e. The number of amides is 1. The fourth-order valence-corrected chi connectivity index (χ4v) is 6.70. The summed E-state index contributed by atoms with van der Waals surface area (Å²) >= 11 is 2.65. The van der Waals surface area contributed by atoms with E-state index in [0.29, 0.717) is 21.9 Å². The third kappa shape index (κ3) is 3.67. The standard InChI is InChI=1S/C17H19N3O3S3/c18-26(22,23)15-4-2-1-3-13(15)24-16-8-7-14(25-16)17(21)20-12-9-10-5-6-11(12)19-10/h1-4,7-8,10-12,19H,5-6,9H2,(H,20,21)(H2,18,22,23). The van der Waals surface area contributed by atoms with Gasteiger partial charge in [0.25, 0.3) is 5.91 Å². The lowest BCUT2D eigenvalue weighted by atomic mass is 9.95. The van der Waals surface area contributed by atoms with E-state index in [4.69, 9.17) is 5.14 Å². The fraction of sp³-hybridized carbons (Fsp3) is 0.353.